The van der Waals surface area contributed by atoms with Crippen molar-refractivity contribution in [2.24, 2.45) is 0 Å². The fourth-order valence-corrected chi connectivity index (χ4v) is 4.29. The molecule has 0 aliphatic heterocycles. The summed E-state index contributed by atoms with van der Waals surface area (Å²) >= 11 is 6.31. The Kier molecular flexibility index (Phi) is 16.2. The quantitative estimate of drug-likeness (QED) is 0.0801. The number of halogens is 1. The van der Waals surface area contributed by atoms with Gasteiger partial charge in [-0.25, -0.2) is 0 Å². The molecule has 2 aromatic rings. The lowest BCUT2D eigenvalue weighted by Gasteiger charge is -2.17. The first kappa shape index (κ1) is 30.0. The van der Waals surface area contributed by atoms with E-state index in [1.165, 1.54) is 44.9 Å². The Hall–Kier alpha value is -2.03. The van der Waals surface area contributed by atoms with Crippen LogP contribution in [0.1, 0.15) is 98.5 Å². The van der Waals surface area contributed by atoms with Gasteiger partial charge in [0.05, 0.1) is 11.6 Å². The molecule has 0 heterocycles. The number of esters is 1. The highest BCUT2D eigenvalue weighted by Gasteiger charge is 2.32. The van der Waals surface area contributed by atoms with Gasteiger partial charge >= 0.3 is 5.97 Å². The molecule has 0 aromatic heterocycles. The number of benzene rings is 2. The summed E-state index contributed by atoms with van der Waals surface area (Å²) in [6, 6.07) is 14.4. The predicted molar refractivity (Wildman–Crippen MR) is 142 cm³/mol. The number of Topliss-reactive ketones (excluding diaryl/α,β-unsaturated/α-hetero) is 1. The number of hydrogen-bond acceptors (Lipinski definition) is 4. The molecular formula is C28H38ClO4P. The van der Waals surface area contributed by atoms with E-state index in [-0.39, 0.29) is 5.78 Å². The molecule has 4 nitrogen and oxygen atoms in total. The maximum absolute atomic E-state index is 13.3. The fourth-order valence-electron chi connectivity index (χ4n) is 3.97. The second-order valence-corrected chi connectivity index (χ2v) is 8.90. The second kappa shape index (κ2) is 18.3. The molecule has 186 valence electrons. The Labute approximate surface area is 212 Å². The van der Waals surface area contributed by atoms with Gasteiger partial charge in [0.25, 0.3) is 0 Å². The van der Waals surface area contributed by atoms with Crippen LogP contribution in [0.2, 0.25) is 5.02 Å². The number of ether oxygens (including phenoxy) is 1. The van der Waals surface area contributed by atoms with Crippen molar-refractivity contribution in [1.29, 1.82) is 0 Å². The van der Waals surface area contributed by atoms with Crippen LogP contribution in [0.15, 0.2) is 48.5 Å². The van der Waals surface area contributed by atoms with Crippen molar-refractivity contribution in [2.75, 3.05) is 6.61 Å². The molecule has 1 atom stereocenters. The molecule has 1 unspecified atom stereocenters. The number of ketones is 1. The van der Waals surface area contributed by atoms with Gasteiger partial charge in [-0.05, 0) is 30.5 Å². The number of aryl methyl sites for hydroxylation is 1. The van der Waals surface area contributed by atoms with Crippen molar-refractivity contribution >= 4 is 32.5 Å². The van der Waals surface area contributed by atoms with Crippen LogP contribution in [0, 0.1) is 6.92 Å². The molecule has 0 spiro atoms. The second-order valence-electron chi connectivity index (χ2n) is 8.49. The van der Waals surface area contributed by atoms with E-state index >= 15 is 0 Å². The van der Waals surface area contributed by atoms with Gasteiger partial charge < -0.3 is 4.74 Å². The van der Waals surface area contributed by atoms with Gasteiger partial charge in [-0.3, -0.25) is 14.2 Å². The summed E-state index contributed by atoms with van der Waals surface area (Å²) in [6.07, 6.45) is 12.2. The van der Waals surface area contributed by atoms with Crippen LogP contribution in [-0.4, -0.2) is 18.4 Å². The minimum Gasteiger partial charge on any atom is -0.465 e. The highest BCUT2D eigenvalue weighted by Crippen LogP contribution is 2.29. The Morgan fingerprint density at radius 1 is 0.824 bits per heavy atom. The maximum Gasteiger partial charge on any atom is 0.321 e. The van der Waals surface area contributed by atoms with Crippen molar-refractivity contribution in [3.63, 3.8) is 0 Å². The van der Waals surface area contributed by atoms with Crippen molar-refractivity contribution in [2.45, 2.75) is 84.0 Å². The molecule has 0 N–H and O–H groups in total. The zero-order valence-corrected chi connectivity index (χ0v) is 22.2. The summed E-state index contributed by atoms with van der Waals surface area (Å²) in [6.45, 7) is 4.41. The van der Waals surface area contributed by atoms with Crippen LogP contribution in [0.4, 0.5) is 0 Å². The average molecular weight is 505 g/mol. The van der Waals surface area contributed by atoms with E-state index in [2.05, 4.69) is 6.92 Å². The lowest BCUT2D eigenvalue weighted by molar-refractivity contribution is -0.144. The third kappa shape index (κ3) is 10.5. The van der Waals surface area contributed by atoms with Crippen LogP contribution in [0.25, 0.3) is 0 Å². The number of carbonyl (C=O) groups is 2. The van der Waals surface area contributed by atoms with Gasteiger partial charge in [0.2, 0.25) is 0 Å². The van der Waals surface area contributed by atoms with Gasteiger partial charge in [-0.15, -0.1) is 0 Å². The largest absolute Gasteiger partial charge is 0.465 e. The summed E-state index contributed by atoms with van der Waals surface area (Å²) in [4.78, 5) is 26.3. The topological polar surface area (TPSA) is 60.4 Å². The molecule has 0 saturated heterocycles. The van der Waals surface area contributed by atoms with Crippen LogP contribution in [0.3, 0.4) is 0 Å². The molecule has 2 aromatic carbocycles. The van der Waals surface area contributed by atoms with E-state index in [4.69, 9.17) is 20.9 Å². The summed E-state index contributed by atoms with van der Waals surface area (Å²) < 4.78 is 13.6. The number of carbonyl (C=O) groups excluding carboxylic acids is 2. The average Bonchev–Trinajstić information content (AvgIpc) is 2.84. The minimum absolute atomic E-state index is 0.313. The molecule has 0 saturated carbocycles. The molecule has 34 heavy (non-hydrogen) atoms. The third-order valence-electron chi connectivity index (χ3n) is 5.84. The normalized spacial score (nSPS) is 11.3. The molecule has 0 fully saturated rings. The summed E-state index contributed by atoms with van der Waals surface area (Å²) in [7, 11) is 1.72. The Morgan fingerprint density at radius 3 is 1.94 bits per heavy atom. The monoisotopic (exact) mass is 504 g/mol. The number of rotatable bonds is 15. The maximum atomic E-state index is 13.3. The van der Waals surface area contributed by atoms with Crippen LogP contribution >= 0.6 is 20.7 Å². The SMILES string of the molecule is CCCCCCCCCCCCOC(=O)C(C(=O)c1c(C)cccc1Cl)c1ccccc1.O=P. The molecule has 0 radical (unpaired) electrons. The molecule has 0 aliphatic rings. The molecular weight excluding hydrogens is 467 g/mol. The van der Waals surface area contributed by atoms with Crippen LogP contribution < -0.4 is 0 Å². The molecule has 0 aliphatic carbocycles. The van der Waals surface area contributed by atoms with E-state index in [0.29, 0.717) is 22.8 Å². The van der Waals surface area contributed by atoms with Crippen molar-refractivity contribution in [3.05, 3.63) is 70.2 Å². The Bertz CT molecular complexity index is 836. The van der Waals surface area contributed by atoms with Crippen molar-refractivity contribution in [3.8, 4) is 0 Å². The van der Waals surface area contributed by atoms with Gasteiger partial charge in [-0.1, -0.05) is 119 Å². The number of unbranched alkanes of at least 4 members (excludes halogenated alkanes) is 9. The molecule has 2 rings (SSSR count). The third-order valence-corrected chi connectivity index (χ3v) is 6.16. The highest BCUT2D eigenvalue weighted by atomic mass is 35.5. The Balaban J connectivity index is 0.00000281. The molecule has 6 heteroatoms. The predicted octanol–water partition coefficient (Wildman–Crippen LogP) is 8.55. The summed E-state index contributed by atoms with van der Waals surface area (Å²) in [5, 5.41) is 0.360. The zero-order valence-electron chi connectivity index (χ0n) is 20.5. The minimum atomic E-state index is -1.00. The van der Waals surface area contributed by atoms with Gasteiger partial charge in [0, 0.05) is 5.56 Å². The highest BCUT2D eigenvalue weighted by molar-refractivity contribution is 7.00. The zero-order chi connectivity index (χ0) is 25.2. The number of hydrogen-bond donors (Lipinski definition) is 0. The lowest BCUT2D eigenvalue weighted by atomic mass is 9.89. The first-order chi connectivity index (χ1) is 16.6. The van der Waals surface area contributed by atoms with Crippen LogP contribution in [-0.2, 0) is 14.1 Å². The van der Waals surface area contributed by atoms with E-state index in [9.17, 15) is 9.59 Å². The van der Waals surface area contributed by atoms with Gasteiger partial charge in [0.15, 0.2) is 5.78 Å². The van der Waals surface area contributed by atoms with E-state index < -0.39 is 11.9 Å². The standard InChI is InChI=1S/C28H37ClO3.HOP/c1-3-4-5-6-7-8-9-10-11-15-21-32-28(31)26(23-18-13-12-14-19-23)27(30)25-22(2)17-16-20-24(25)29;1-2/h12-14,16-20,26H,3-11,15,21H2,1-2H3;2H. The van der Waals surface area contributed by atoms with Crippen LogP contribution in [0.5, 0.6) is 0 Å². The van der Waals surface area contributed by atoms with Crippen molar-refractivity contribution in [1.82, 2.24) is 0 Å². The fraction of sp³-hybridized carbons (Fsp3) is 0.500. The molecule has 0 amide bonds. The first-order valence-electron chi connectivity index (χ1n) is 12.3. The van der Waals surface area contributed by atoms with E-state index in [1.807, 2.05) is 31.2 Å². The smallest absolute Gasteiger partial charge is 0.321 e. The summed E-state index contributed by atoms with van der Waals surface area (Å²) in [5.41, 5.74) is 1.77. The first-order valence-corrected chi connectivity index (χ1v) is 13.1. The van der Waals surface area contributed by atoms with Crippen molar-refractivity contribution < 1.29 is 18.9 Å². The lowest BCUT2D eigenvalue weighted by Crippen LogP contribution is -2.25. The van der Waals surface area contributed by atoms with Gasteiger partial charge in [0.1, 0.15) is 15.0 Å². The molecule has 0 bridgehead atoms. The van der Waals surface area contributed by atoms with E-state index in [1.54, 1.807) is 33.4 Å². The Morgan fingerprint density at radius 2 is 1.38 bits per heavy atom. The van der Waals surface area contributed by atoms with Gasteiger partial charge in [-0.2, -0.15) is 0 Å². The van der Waals surface area contributed by atoms with E-state index in [0.717, 1.165) is 24.8 Å². The summed E-state index contributed by atoms with van der Waals surface area (Å²) in [5.74, 6) is -1.82.